The molecule has 35 heteroatoms. The van der Waals surface area contributed by atoms with Gasteiger partial charge in [0.2, 0.25) is 0 Å². The van der Waals surface area contributed by atoms with Crippen LogP contribution >= 0.6 is 79.6 Å². The van der Waals surface area contributed by atoms with E-state index in [1.165, 1.54) is 37.3 Å². The largest absolute Gasteiger partial charge is 1.00 e. The molecule has 562 valence electrons. The van der Waals surface area contributed by atoms with Crippen molar-refractivity contribution in [1.82, 2.24) is 28.7 Å². The zero-order chi connectivity index (χ0) is 76.1. The van der Waals surface area contributed by atoms with Crippen molar-refractivity contribution in [2.45, 2.75) is 175 Å². The molecule has 8 N–H and O–H groups in total. The Hall–Kier alpha value is -2.97. The predicted molar refractivity (Wildman–Crippen MR) is 393 cm³/mol. The predicted octanol–water partition coefficient (Wildman–Crippen LogP) is 9.14. The summed E-state index contributed by atoms with van der Waals surface area (Å²) < 4.78 is 98.1. The third kappa shape index (κ3) is 27.8. The van der Waals surface area contributed by atoms with Crippen molar-refractivity contribution in [1.29, 1.82) is 0 Å². The number of imidazole rings is 3. The summed E-state index contributed by atoms with van der Waals surface area (Å²) in [6.07, 6.45) is 0.145. The molecule has 0 saturated carbocycles. The number of ether oxygens (including phenoxy) is 4. The van der Waals surface area contributed by atoms with Gasteiger partial charge in [-0.1, -0.05) is 79.6 Å². The first kappa shape index (κ1) is 95.2. The first-order valence-electron chi connectivity index (χ1n) is 32.3. The maximum atomic E-state index is 14.1. The minimum absolute atomic E-state index is 0. The third-order valence-electron chi connectivity index (χ3n) is 15.0. The molecule has 3 saturated heterocycles. The number of esters is 1. The normalized spacial score (nSPS) is 15.3. The molecule has 11 rings (SSSR count). The van der Waals surface area contributed by atoms with Crippen molar-refractivity contribution >= 4 is 154 Å². The number of benzene rings is 5. The molecular formula is C69H85Br5F5K2N9O14. The molecular weight excluding hydrogens is 1750 g/mol. The number of carbonyl (C=O) groups excluding carboxylic acids is 3. The Kier molecular flexibility index (Phi) is 42.1. The molecule has 0 aliphatic carbocycles. The fourth-order valence-electron chi connectivity index (χ4n) is 10.3. The Morgan fingerprint density at radius 1 is 0.615 bits per heavy atom. The minimum atomic E-state index is -0.938. The van der Waals surface area contributed by atoms with Crippen LogP contribution in [0.5, 0.6) is 0 Å². The first-order chi connectivity index (χ1) is 48.0. The first-order valence-corrected chi connectivity index (χ1v) is 36.3. The summed E-state index contributed by atoms with van der Waals surface area (Å²) in [4.78, 5) is 56.7. The molecule has 104 heavy (non-hydrogen) atoms. The average Bonchev–Trinajstić information content (AvgIpc) is 1.63. The molecule has 0 bridgehead atoms. The van der Waals surface area contributed by atoms with E-state index in [0.29, 0.717) is 82.7 Å². The Labute approximate surface area is 728 Å². The standard InChI is InChI=1S/C15H18BrFN2O3.C14H17BrFNO2.C13H16BrFN2O2.C13H14BrFN2O.C9H12BrFN2.C4H6O3.CH2O3.2K.H/c1-8(2)19-12-7-10(16)6-11(17)14(12)18-15(19)13(21)4-5-22-9(3)20;1-8(2)17-12-6-9(15)5-11(16)10(12)7-13(18)14-3-4-19-14;1-7(2)17-10-6-8(14)5-9(15)12(10)16-13(17)11(19)3-4-18;1-7(2)17-10-6-8(14)5-9(15)12(10)16-13(17)11-3-4-18-11;1-5(2)13-8-4-6(10)3-7(11)9(8)12;5-4(6)3-1-2-7-3;2-1-4-3;;;/h6-8,13,21H,4-5H2,1-3H3;5-6,8,14,17H,3-4,7H2,1-2H3;5-7,11,18-19H,3-4H2,1-2H3;5-7,11H,3-4H2,1-2H3;3-5,13H,12H2,1-2H3;3H,1-2H2,(H,5,6);1,3H;;;/q;;;;;;;2*+1;-1/p-1. The molecule has 3 aliphatic heterocycles. The summed E-state index contributed by atoms with van der Waals surface area (Å²) in [5.74, 6) is -1.65. The van der Waals surface area contributed by atoms with Crippen LogP contribution in [0.25, 0.3) is 33.1 Å². The Morgan fingerprint density at radius 2 is 0.990 bits per heavy atom. The number of fused-ring (bicyclic) bond motifs is 3. The van der Waals surface area contributed by atoms with Crippen molar-refractivity contribution < 1.29 is 195 Å². The number of nitrogens with zero attached hydrogens (tertiary/aromatic N) is 6. The third-order valence-corrected chi connectivity index (χ3v) is 17.3. The molecule has 5 aromatic carbocycles. The van der Waals surface area contributed by atoms with Gasteiger partial charge in [0.15, 0.2) is 29.3 Å². The van der Waals surface area contributed by atoms with Crippen LogP contribution in [0, 0.1) is 29.1 Å². The number of aromatic nitrogens is 6. The Morgan fingerprint density at radius 3 is 1.35 bits per heavy atom. The number of ketones is 1. The van der Waals surface area contributed by atoms with Gasteiger partial charge in [-0.15, -0.1) is 0 Å². The number of halogens is 10. The number of aliphatic hydroxyl groups excluding tert-OH is 3. The Bertz CT molecular complexity index is 4160. The summed E-state index contributed by atoms with van der Waals surface area (Å²) in [5.41, 5.74) is 10.4. The van der Waals surface area contributed by atoms with Crippen LogP contribution in [0.1, 0.15) is 169 Å². The molecule has 5 atom stereocenters. The molecule has 0 radical (unpaired) electrons. The second-order valence-corrected chi connectivity index (χ2v) is 29.3. The summed E-state index contributed by atoms with van der Waals surface area (Å²) in [6.45, 7) is 22.8. The molecule has 5 unspecified atom stereocenters. The summed E-state index contributed by atoms with van der Waals surface area (Å²) in [6, 6.07) is 16.5. The number of hydrogen-bond acceptors (Lipinski definition) is 19. The van der Waals surface area contributed by atoms with Crippen molar-refractivity contribution in [2.75, 3.05) is 49.4 Å². The van der Waals surface area contributed by atoms with Gasteiger partial charge >= 0.3 is 115 Å². The fourth-order valence-corrected chi connectivity index (χ4v) is 12.4. The number of aliphatic carboxylic acids is 1. The van der Waals surface area contributed by atoms with Gasteiger partial charge in [-0.25, -0.2) is 41.7 Å². The topological polar surface area (TPSA) is 322 Å². The van der Waals surface area contributed by atoms with Crippen LogP contribution in [0.4, 0.5) is 39.0 Å². The number of nitrogens with one attached hydrogen (secondary N) is 2. The summed E-state index contributed by atoms with van der Waals surface area (Å²) in [7, 11) is 0. The van der Waals surface area contributed by atoms with Gasteiger partial charge in [0.25, 0.3) is 6.47 Å². The van der Waals surface area contributed by atoms with Gasteiger partial charge in [-0.3, -0.25) is 14.4 Å². The zero-order valence-corrected chi connectivity index (χ0v) is 74.0. The smallest absolute Gasteiger partial charge is 1.00 e. The number of rotatable bonds is 20. The van der Waals surface area contributed by atoms with E-state index < -0.39 is 47.7 Å². The van der Waals surface area contributed by atoms with E-state index in [4.69, 9.17) is 40.2 Å². The molecule has 0 spiro atoms. The van der Waals surface area contributed by atoms with E-state index >= 15 is 0 Å². The van der Waals surface area contributed by atoms with Gasteiger partial charge < -0.3 is 81.0 Å². The Balaban J connectivity index is 0.000000429. The molecule has 3 aromatic heterocycles. The van der Waals surface area contributed by atoms with Gasteiger partial charge in [0, 0.05) is 116 Å². The van der Waals surface area contributed by atoms with Gasteiger partial charge in [0.1, 0.15) is 70.1 Å². The van der Waals surface area contributed by atoms with Crippen LogP contribution in [0.3, 0.4) is 0 Å². The van der Waals surface area contributed by atoms with Gasteiger partial charge in [-0.2, -0.15) is 0 Å². The number of hydrogen-bond donors (Lipinski definition) is 7. The van der Waals surface area contributed by atoms with Crippen LogP contribution in [-0.2, 0) is 49.4 Å². The van der Waals surface area contributed by atoms with E-state index in [1.807, 2.05) is 61.5 Å². The molecule has 3 fully saturated rings. The van der Waals surface area contributed by atoms with E-state index in [9.17, 15) is 46.5 Å². The SMILES string of the molecule is CC(=O)OCCC(O)c1nc2c(F)cc(Br)cc2n1C(C)C.CC(C)Nc1cc(Br)cc(F)c1CC(=O)C1CCO1.CC(C)Nc1cc(Br)cc(F)c1N.CC(C)n1c(C(O)CCO)nc2c(F)cc(Br)cc21.CC(C)n1c(C2CCO2)nc2c(F)cc(Br)cc21.O=C(O)C1CCO1.O=CO[O-].[H-].[K+].[K+]. The number of nitrogen functional groups attached to an aromatic ring is 1. The van der Waals surface area contributed by atoms with Crippen LogP contribution in [-0.4, -0.2) is 131 Å². The number of Topliss-reactive ketones (excluding diaryl/α,β-unsaturated/α-hetero) is 1. The van der Waals surface area contributed by atoms with E-state index in [-0.39, 0.29) is 220 Å². The van der Waals surface area contributed by atoms with Crippen molar-refractivity contribution in [3.05, 3.63) is 135 Å². The number of carbonyl (C=O) groups is 4. The number of nitrogens with two attached hydrogens (primary N) is 1. The number of carboxylic acid groups (broad SMARTS) is 1. The zero-order valence-electron chi connectivity index (χ0n) is 60.8. The van der Waals surface area contributed by atoms with Gasteiger partial charge in [-0.05, 0) is 130 Å². The number of carboxylic acids is 1. The minimum Gasteiger partial charge on any atom is -1.00 e. The average molecular weight is 1840 g/mol. The molecule has 8 aromatic rings. The van der Waals surface area contributed by atoms with E-state index in [1.54, 1.807) is 33.4 Å². The molecule has 23 nitrogen and oxygen atoms in total. The molecule has 0 amide bonds. The monoisotopic (exact) mass is 1830 g/mol. The van der Waals surface area contributed by atoms with Crippen LogP contribution in [0.15, 0.2) is 83.0 Å². The van der Waals surface area contributed by atoms with Crippen molar-refractivity contribution in [3.8, 4) is 0 Å². The van der Waals surface area contributed by atoms with Crippen molar-refractivity contribution in [2.24, 2.45) is 0 Å². The van der Waals surface area contributed by atoms with Gasteiger partial charge in [0.05, 0.1) is 54.4 Å². The van der Waals surface area contributed by atoms with Crippen molar-refractivity contribution in [3.63, 3.8) is 0 Å². The fraction of sp³-hybridized carbons (Fsp3) is 0.464. The van der Waals surface area contributed by atoms with Crippen LogP contribution in [0.2, 0.25) is 0 Å². The maximum absolute atomic E-state index is 14.1. The summed E-state index contributed by atoms with van der Waals surface area (Å²) >= 11 is 16.3. The second kappa shape index (κ2) is 46.0. The van der Waals surface area contributed by atoms with E-state index in [2.05, 4.69) is 133 Å². The molecule has 6 heterocycles. The van der Waals surface area contributed by atoms with E-state index in [0.717, 1.165) is 35.3 Å². The molecule has 3 aliphatic rings. The summed E-state index contributed by atoms with van der Waals surface area (Å²) in [5, 5.41) is 52.0. The number of aliphatic hydroxyl groups is 3. The van der Waals surface area contributed by atoms with Crippen LogP contribution < -0.4 is 124 Å². The maximum Gasteiger partial charge on any atom is 1.00 e. The second-order valence-electron chi connectivity index (χ2n) is 24.7. The number of anilines is 3. The quantitative estimate of drug-likeness (QED) is 0.00711.